The Labute approximate surface area is 227 Å². The van der Waals surface area contributed by atoms with E-state index in [2.05, 4.69) is 77.9 Å². The summed E-state index contributed by atoms with van der Waals surface area (Å²) in [5.74, 6) is 3.93. The Balaban J connectivity index is 1.71. The van der Waals surface area contributed by atoms with Gasteiger partial charge in [0.25, 0.3) is 0 Å². The number of nitrogens with two attached hydrogens (primary N) is 2. The molecule has 4 heteroatoms. The van der Waals surface area contributed by atoms with E-state index in [4.69, 9.17) is 20.9 Å². The first kappa shape index (κ1) is 27.1. The molecule has 4 N–H and O–H groups in total. The molecule has 0 saturated heterocycles. The third-order valence-corrected chi connectivity index (χ3v) is 7.46. The molecule has 0 spiro atoms. The van der Waals surface area contributed by atoms with E-state index in [-0.39, 0.29) is 5.41 Å². The highest BCUT2D eigenvalue weighted by atomic mass is 16.5. The summed E-state index contributed by atoms with van der Waals surface area (Å²) in [6.07, 6.45) is 0.957. The van der Waals surface area contributed by atoms with E-state index in [9.17, 15) is 0 Å². The number of hydrogen-bond donors (Lipinski definition) is 2. The van der Waals surface area contributed by atoms with Crippen molar-refractivity contribution in [3.05, 3.63) is 107 Å². The lowest BCUT2D eigenvalue weighted by Gasteiger charge is -2.32. The fourth-order valence-corrected chi connectivity index (χ4v) is 4.77. The number of rotatable bonds is 9. The van der Waals surface area contributed by atoms with Crippen molar-refractivity contribution < 1.29 is 9.47 Å². The van der Waals surface area contributed by atoms with Crippen molar-refractivity contribution >= 4 is 11.4 Å². The summed E-state index contributed by atoms with van der Waals surface area (Å²) in [7, 11) is 0. The Morgan fingerprint density at radius 3 is 1.29 bits per heavy atom. The molecule has 198 valence electrons. The SMILES string of the molecule is CCC(C)(c1ccc(Oc2ccc(N)cc2)c(C(C)C)c1)c1ccc(Oc2ccc(N)cc2)c(C(C)C)c1. The van der Waals surface area contributed by atoms with Gasteiger partial charge in [-0.3, -0.25) is 0 Å². The zero-order valence-corrected chi connectivity index (χ0v) is 23.4. The van der Waals surface area contributed by atoms with Crippen LogP contribution in [0.2, 0.25) is 0 Å². The van der Waals surface area contributed by atoms with Gasteiger partial charge in [0.15, 0.2) is 0 Å². The predicted molar refractivity (Wildman–Crippen MR) is 160 cm³/mol. The van der Waals surface area contributed by atoms with Gasteiger partial charge >= 0.3 is 0 Å². The molecular weight excluding hydrogens is 468 g/mol. The average Bonchev–Trinajstić information content (AvgIpc) is 2.91. The minimum Gasteiger partial charge on any atom is -0.457 e. The van der Waals surface area contributed by atoms with Crippen LogP contribution in [0, 0.1) is 0 Å². The molecule has 0 aliphatic carbocycles. The van der Waals surface area contributed by atoms with Crippen LogP contribution in [0.5, 0.6) is 23.0 Å². The van der Waals surface area contributed by atoms with Crippen LogP contribution in [0.15, 0.2) is 84.9 Å². The summed E-state index contributed by atoms with van der Waals surface area (Å²) in [6.45, 7) is 13.4. The number of ether oxygens (including phenoxy) is 2. The molecule has 0 bridgehead atoms. The molecule has 0 radical (unpaired) electrons. The van der Waals surface area contributed by atoms with E-state index >= 15 is 0 Å². The normalized spacial score (nSPS) is 11.7. The molecular formula is C34H40N2O2. The Morgan fingerprint density at radius 2 is 0.974 bits per heavy atom. The van der Waals surface area contributed by atoms with Crippen molar-refractivity contribution in [2.75, 3.05) is 11.5 Å². The van der Waals surface area contributed by atoms with Crippen molar-refractivity contribution in [3.63, 3.8) is 0 Å². The maximum absolute atomic E-state index is 6.28. The van der Waals surface area contributed by atoms with Gasteiger partial charge in [-0.05, 0) is 101 Å². The maximum atomic E-state index is 6.28. The van der Waals surface area contributed by atoms with Crippen molar-refractivity contribution in [1.29, 1.82) is 0 Å². The van der Waals surface area contributed by atoms with E-state index in [0.29, 0.717) is 11.8 Å². The van der Waals surface area contributed by atoms with Gasteiger partial charge in [0.1, 0.15) is 23.0 Å². The summed E-state index contributed by atoms with van der Waals surface area (Å²) in [5.41, 5.74) is 17.9. The van der Waals surface area contributed by atoms with Gasteiger partial charge in [-0.2, -0.15) is 0 Å². The van der Waals surface area contributed by atoms with E-state index in [1.54, 1.807) is 0 Å². The van der Waals surface area contributed by atoms with Crippen molar-refractivity contribution in [2.45, 2.75) is 65.2 Å². The van der Waals surface area contributed by atoms with Crippen LogP contribution < -0.4 is 20.9 Å². The number of benzene rings is 4. The molecule has 38 heavy (non-hydrogen) atoms. The maximum Gasteiger partial charge on any atom is 0.130 e. The molecule has 4 aromatic carbocycles. The first-order valence-corrected chi connectivity index (χ1v) is 13.5. The van der Waals surface area contributed by atoms with Crippen molar-refractivity contribution in [1.82, 2.24) is 0 Å². The second-order valence-electron chi connectivity index (χ2n) is 10.8. The van der Waals surface area contributed by atoms with Crippen LogP contribution in [-0.2, 0) is 5.41 Å². The van der Waals surface area contributed by atoms with Crippen LogP contribution in [0.4, 0.5) is 11.4 Å². The van der Waals surface area contributed by atoms with Gasteiger partial charge in [-0.1, -0.05) is 65.8 Å². The highest BCUT2D eigenvalue weighted by molar-refractivity contribution is 5.52. The van der Waals surface area contributed by atoms with Crippen LogP contribution in [0.3, 0.4) is 0 Å². The number of hydrogen-bond acceptors (Lipinski definition) is 4. The second-order valence-corrected chi connectivity index (χ2v) is 10.8. The predicted octanol–water partition coefficient (Wildman–Crippen LogP) is 9.40. The molecule has 4 nitrogen and oxygen atoms in total. The van der Waals surface area contributed by atoms with Crippen LogP contribution in [0.1, 0.15) is 82.1 Å². The summed E-state index contributed by atoms with van der Waals surface area (Å²) >= 11 is 0. The molecule has 0 fully saturated rings. The topological polar surface area (TPSA) is 70.5 Å². The summed E-state index contributed by atoms with van der Waals surface area (Å²) in [5, 5.41) is 0. The smallest absolute Gasteiger partial charge is 0.130 e. The first-order chi connectivity index (χ1) is 18.1. The third kappa shape index (κ3) is 5.80. The van der Waals surface area contributed by atoms with Crippen molar-refractivity contribution in [2.24, 2.45) is 0 Å². The monoisotopic (exact) mass is 508 g/mol. The van der Waals surface area contributed by atoms with Crippen LogP contribution in [-0.4, -0.2) is 0 Å². The van der Waals surface area contributed by atoms with Crippen molar-refractivity contribution in [3.8, 4) is 23.0 Å². The fraction of sp³-hybridized carbons (Fsp3) is 0.294. The van der Waals surface area contributed by atoms with Gasteiger partial charge in [-0.25, -0.2) is 0 Å². The molecule has 0 saturated carbocycles. The number of anilines is 2. The zero-order chi connectivity index (χ0) is 27.4. The van der Waals surface area contributed by atoms with E-state index in [1.807, 2.05) is 48.5 Å². The summed E-state index contributed by atoms with van der Waals surface area (Å²) in [4.78, 5) is 0. The highest BCUT2D eigenvalue weighted by Gasteiger charge is 2.29. The Hall–Kier alpha value is -3.92. The minimum atomic E-state index is -0.174. The molecule has 0 amide bonds. The van der Waals surface area contributed by atoms with Crippen LogP contribution in [0.25, 0.3) is 0 Å². The Morgan fingerprint density at radius 1 is 0.605 bits per heavy atom. The van der Waals surface area contributed by atoms with E-state index in [1.165, 1.54) is 22.3 Å². The van der Waals surface area contributed by atoms with E-state index in [0.717, 1.165) is 40.8 Å². The Bertz CT molecular complexity index is 1270. The van der Waals surface area contributed by atoms with E-state index < -0.39 is 0 Å². The summed E-state index contributed by atoms with van der Waals surface area (Å²) in [6, 6.07) is 28.3. The van der Waals surface area contributed by atoms with Gasteiger partial charge < -0.3 is 20.9 Å². The third-order valence-electron chi connectivity index (χ3n) is 7.46. The molecule has 4 rings (SSSR count). The molecule has 0 aromatic heterocycles. The van der Waals surface area contributed by atoms with Gasteiger partial charge in [0.2, 0.25) is 0 Å². The molecule has 0 aliphatic heterocycles. The zero-order valence-electron chi connectivity index (χ0n) is 23.4. The highest BCUT2D eigenvalue weighted by Crippen LogP contribution is 2.42. The second kappa shape index (κ2) is 11.2. The molecule has 0 aliphatic rings. The lowest BCUT2D eigenvalue weighted by Crippen LogP contribution is -2.23. The quantitative estimate of drug-likeness (QED) is 0.221. The standard InChI is InChI=1S/C34H40N2O2/c1-7-34(6,24-8-18-32(30(20-24)22(2)3)37-28-14-10-26(35)11-15-28)25-9-19-33(31(21-25)23(4)5)38-29-16-12-27(36)13-17-29/h8-23H,7,35-36H2,1-6H3. The first-order valence-electron chi connectivity index (χ1n) is 13.5. The van der Waals surface area contributed by atoms with Gasteiger partial charge in [0.05, 0.1) is 0 Å². The molecule has 4 aromatic rings. The average molecular weight is 509 g/mol. The van der Waals surface area contributed by atoms with Crippen LogP contribution >= 0.6 is 0 Å². The fourth-order valence-electron chi connectivity index (χ4n) is 4.77. The molecule has 0 unspecified atom stereocenters. The molecule has 0 heterocycles. The van der Waals surface area contributed by atoms with Gasteiger partial charge in [-0.15, -0.1) is 0 Å². The Kier molecular flexibility index (Phi) is 8.01. The minimum absolute atomic E-state index is 0.174. The summed E-state index contributed by atoms with van der Waals surface area (Å²) < 4.78 is 12.6. The largest absolute Gasteiger partial charge is 0.457 e. The molecule has 0 atom stereocenters. The number of nitrogen functional groups attached to an aromatic ring is 2. The lowest BCUT2D eigenvalue weighted by molar-refractivity contribution is 0.469. The lowest BCUT2D eigenvalue weighted by atomic mass is 9.72. The van der Waals surface area contributed by atoms with Gasteiger partial charge in [0, 0.05) is 16.8 Å².